The molecule has 2 rings (SSSR count). The molecule has 0 spiro atoms. The van der Waals surface area contributed by atoms with Crippen LogP contribution in [0.3, 0.4) is 0 Å². The van der Waals surface area contributed by atoms with Crippen molar-refractivity contribution in [1.82, 2.24) is 0 Å². The number of ether oxygens (including phenoxy) is 2. The van der Waals surface area contributed by atoms with Gasteiger partial charge in [-0.3, -0.25) is 0 Å². The Morgan fingerprint density at radius 2 is 2.08 bits per heavy atom. The fourth-order valence-electron chi connectivity index (χ4n) is 2.98. The largest absolute Gasteiger partial charge is 0.492 e. The summed E-state index contributed by atoms with van der Waals surface area (Å²) in [6.07, 6.45) is 3.92. The molecule has 1 aliphatic heterocycles. The zero-order valence-corrected chi connectivity index (χ0v) is 16.1. The summed E-state index contributed by atoms with van der Waals surface area (Å²) < 4.78 is 12.0. The second-order valence-electron chi connectivity index (χ2n) is 6.91. The van der Waals surface area contributed by atoms with Gasteiger partial charge in [0.2, 0.25) is 0 Å². The Kier molecular flexibility index (Phi) is 5.67. The number of hydrogen-bond donors (Lipinski definition) is 1. The topological polar surface area (TPSA) is 38.7 Å². The molecule has 1 aromatic carbocycles. The predicted octanol–water partition coefficient (Wildman–Crippen LogP) is 5.34. The third-order valence-corrected chi connectivity index (χ3v) is 4.43. The Morgan fingerprint density at radius 3 is 2.62 bits per heavy atom. The number of benzene rings is 1. The summed E-state index contributed by atoms with van der Waals surface area (Å²) in [6.45, 7) is 12.7. The average molecular weight is 351 g/mol. The lowest BCUT2D eigenvalue weighted by molar-refractivity contribution is 0.156. The molecule has 132 valence electrons. The molecule has 1 N–H and O–H groups in total. The molecule has 0 saturated carbocycles. The van der Waals surface area contributed by atoms with Crippen molar-refractivity contribution in [2.75, 3.05) is 13.2 Å². The molecule has 1 heterocycles. The molecule has 4 heteroatoms. The van der Waals surface area contributed by atoms with Gasteiger partial charge in [-0.25, -0.2) is 0 Å². The molecule has 24 heavy (non-hydrogen) atoms. The molecule has 1 aliphatic rings. The van der Waals surface area contributed by atoms with Crippen LogP contribution in [-0.2, 0) is 0 Å². The molecule has 0 atom stereocenters. The van der Waals surface area contributed by atoms with E-state index >= 15 is 0 Å². The first kappa shape index (κ1) is 18.9. The van der Waals surface area contributed by atoms with Gasteiger partial charge in [0.15, 0.2) is 5.75 Å². The highest BCUT2D eigenvalue weighted by molar-refractivity contribution is 6.34. The van der Waals surface area contributed by atoms with Crippen LogP contribution in [0.2, 0.25) is 5.02 Å². The monoisotopic (exact) mass is 350 g/mol. The predicted molar refractivity (Wildman–Crippen MR) is 101 cm³/mol. The van der Waals surface area contributed by atoms with Crippen molar-refractivity contribution in [3.05, 3.63) is 34.4 Å². The van der Waals surface area contributed by atoms with Gasteiger partial charge in [-0.15, -0.1) is 0 Å². The highest BCUT2D eigenvalue weighted by Crippen LogP contribution is 2.49. The van der Waals surface area contributed by atoms with Gasteiger partial charge < -0.3 is 14.6 Å². The van der Waals surface area contributed by atoms with E-state index < -0.39 is 5.60 Å². The quantitative estimate of drug-likeness (QED) is 0.778. The van der Waals surface area contributed by atoms with Crippen molar-refractivity contribution in [3.8, 4) is 11.5 Å². The van der Waals surface area contributed by atoms with Gasteiger partial charge in [-0.1, -0.05) is 31.5 Å². The molecule has 0 aromatic heterocycles. The van der Waals surface area contributed by atoms with Crippen molar-refractivity contribution in [3.63, 3.8) is 0 Å². The van der Waals surface area contributed by atoms with E-state index in [4.69, 9.17) is 21.1 Å². The molecular weight excluding hydrogens is 324 g/mol. The minimum atomic E-state index is -0.419. The maximum atomic E-state index is 9.25. The van der Waals surface area contributed by atoms with Gasteiger partial charge in [0, 0.05) is 11.1 Å². The first-order chi connectivity index (χ1) is 11.2. The Balaban J connectivity index is 2.77. The Labute approximate surface area is 149 Å². The molecule has 0 bridgehead atoms. The highest BCUT2D eigenvalue weighted by Gasteiger charge is 2.32. The van der Waals surface area contributed by atoms with E-state index in [1.807, 2.05) is 27.7 Å². The molecule has 0 unspecified atom stereocenters. The zero-order chi connectivity index (χ0) is 18.1. The lowest BCUT2D eigenvalue weighted by atomic mass is 9.86. The van der Waals surface area contributed by atoms with Crippen molar-refractivity contribution in [2.45, 2.75) is 47.1 Å². The van der Waals surface area contributed by atoms with E-state index in [-0.39, 0.29) is 6.61 Å². The van der Waals surface area contributed by atoms with E-state index in [2.05, 4.69) is 26.0 Å². The van der Waals surface area contributed by atoms with Crippen LogP contribution in [0, 0.1) is 5.92 Å². The third kappa shape index (κ3) is 3.62. The summed E-state index contributed by atoms with van der Waals surface area (Å²) in [5.74, 6) is 1.63. The zero-order valence-electron chi connectivity index (χ0n) is 15.4. The standard InChI is InChI=1S/C20H27ClO3/c1-7-23-18-14(13(4)8-9-22)10-15-16(12(2)3)11-20(5,6)24-19(15)17(18)21/h8,10-12,22H,7,9H2,1-6H3/b13-8-. The van der Waals surface area contributed by atoms with Gasteiger partial charge >= 0.3 is 0 Å². The number of rotatable bonds is 5. The second kappa shape index (κ2) is 7.20. The molecule has 3 nitrogen and oxygen atoms in total. The SMILES string of the molecule is CCOc1c(/C(C)=C\CO)cc2c(c1Cl)OC(C)(C)C=C2C(C)C. The van der Waals surface area contributed by atoms with Crippen LogP contribution in [0.1, 0.15) is 52.7 Å². The number of hydrogen-bond acceptors (Lipinski definition) is 3. The molecule has 1 aromatic rings. The van der Waals surface area contributed by atoms with Gasteiger partial charge in [0.25, 0.3) is 0 Å². The van der Waals surface area contributed by atoms with E-state index in [1.54, 1.807) is 6.08 Å². The van der Waals surface area contributed by atoms with Gasteiger partial charge in [-0.2, -0.15) is 0 Å². The lowest BCUT2D eigenvalue weighted by Crippen LogP contribution is -2.30. The molecule has 0 amide bonds. The maximum Gasteiger partial charge on any atom is 0.150 e. The summed E-state index contributed by atoms with van der Waals surface area (Å²) in [5.41, 5.74) is 3.61. The van der Waals surface area contributed by atoms with E-state index in [9.17, 15) is 5.11 Å². The maximum absolute atomic E-state index is 9.25. The number of fused-ring (bicyclic) bond motifs is 1. The summed E-state index contributed by atoms with van der Waals surface area (Å²) >= 11 is 6.69. The molecule has 0 saturated heterocycles. The Hall–Kier alpha value is -1.45. The van der Waals surface area contributed by atoms with Crippen LogP contribution in [0.15, 0.2) is 18.2 Å². The van der Waals surface area contributed by atoms with Gasteiger partial charge in [0.1, 0.15) is 16.4 Å². The van der Waals surface area contributed by atoms with Crippen molar-refractivity contribution >= 4 is 22.7 Å². The lowest BCUT2D eigenvalue weighted by Gasteiger charge is -2.34. The van der Waals surface area contributed by atoms with Crippen molar-refractivity contribution in [2.24, 2.45) is 5.92 Å². The van der Waals surface area contributed by atoms with Crippen LogP contribution in [-0.4, -0.2) is 23.9 Å². The second-order valence-corrected chi connectivity index (χ2v) is 7.28. The van der Waals surface area contributed by atoms with E-state index in [0.29, 0.717) is 29.0 Å². The number of halogens is 1. The summed E-state index contributed by atoms with van der Waals surface area (Å²) in [4.78, 5) is 0. The van der Waals surface area contributed by atoms with Crippen molar-refractivity contribution in [1.29, 1.82) is 0 Å². The first-order valence-electron chi connectivity index (χ1n) is 8.41. The van der Waals surface area contributed by atoms with E-state index in [0.717, 1.165) is 16.7 Å². The summed E-state index contributed by atoms with van der Waals surface area (Å²) in [5, 5.41) is 9.74. The number of allylic oxidation sites excluding steroid dienone is 2. The Bertz CT molecular complexity index is 685. The summed E-state index contributed by atoms with van der Waals surface area (Å²) in [6, 6.07) is 2.06. The highest BCUT2D eigenvalue weighted by atomic mass is 35.5. The normalized spacial score (nSPS) is 16.5. The van der Waals surface area contributed by atoms with Crippen LogP contribution in [0.5, 0.6) is 11.5 Å². The molecule has 0 fully saturated rings. The van der Waals surface area contributed by atoms with Gasteiger partial charge in [-0.05, 0) is 56.9 Å². The summed E-state index contributed by atoms with van der Waals surface area (Å²) in [7, 11) is 0. The fourth-order valence-corrected chi connectivity index (χ4v) is 3.27. The van der Waals surface area contributed by atoms with E-state index in [1.165, 1.54) is 5.57 Å². The number of aliphatic hydroxyl groups is 1. The molecule has 0 aliphatic carbocycles. The third-order valence-electron chi connectivity index (χ3n) is 4.09. The Morgan fingerprint density at radius 1 is 1.42 bits per heavy atom. The van der Waals surface area contributed by atoms with Crippen LogP contribution in [0.4, 0.5) is 0 Å². The molecular formula is C20H27ClO3. The minimum Gasteiger partial charge on any atom is -0.492 e. The first-order valence-corrected chi connectivity index (χ1v) is 8.79. The van der Waals surface area contributed by atoms with Crippen LogP contribution < -0.4 is 9.47 Å². The average Bonchev–Trinajstić information content (AvgIpc) is 2.49. The molecule has 0 radical (unpaired) electrons. The van der Waals surface area contributed by atoms with Crippen molar-refractivity contribution < 1.29 is 14.6 Å². The number of aliphatic hydroxyl groups excluding tert-OH is 1. The van der Waals surface area contributed by atoms with Crippen LogP contribution >= 0.6 is 11.6 Å². The fraction of sp³-hybridized carbons (Fsp3) is 0.500. The van der Waals surface area contributed by atoms with Crippen LogP contribution in [0.25, 0.3) is 11.1 Å². The van der Waals surface area contributed by atoms with Gasteiger partial charge in [0.05, 0.1) is 13.2 Å². The minimum absolute atomic E-state index is 0.0253. The smallest absolute Gasteiger partial charge is 0.150 e.